The first-order chi connectivity index (χ1) is 6.49. The highest BCUT2D eigenvalue weighted by molar-refractivity contribution is 5.65. The fraction of sp³-hybridized carbons (Fsp3) is 0.333. The van der Waals surface area contributed by atoms with Gasteiger partial charge in [0.25, 0.3) is 0 Å². The predicted molar refractivity (Wildman–Crippen MR) is 50.0 cm³/mol. The molecule has 0 aromatic heterocycles. The van der Waals surface area contributed by atoms with Gasteiger partial charge in [-0.1, -0.05) is 12.1 Å². The largest absolute Gasteiger partial charge is 0.397 e. The molecule has 0 spiro atoms. The van der Waals surface area contributed by atoms with Crippen LogP contribution >= 0.6 is 0 Å². The summed E-state index contributed by atoms with van der Waals surface area (Å²) in [7, 11) is 0. The van der Waals surface area contributed by atoms with E-state index in [1.165, 1.54) is 0 Å². The summed E-state index contributed by atoms with van der Waals surface area (Å²) in [5, 5.41) is 2.62. The van der Waals surface area contributed by atoms with Crippen molar-refractivity contribution in [2.24, 2.45) is 0 Å². The van der Waals surface area contributed by atoms with Crippen molar-refractivity contribution >= 4 is 11.4 Å². The number of rotatable bonds is 3. The normalized spacial score (nSPS) is 11.4. The number of halogens is 3. The van der Waals surface area contributed by atoms with Crippen molar-refractivity contribution in [2.75, 3.05) is 17.6 Å². The SMILES string of the molecule is Nc1ccccc1NCCC(F)(F)F. The third-order valence-electron chi connectivity index (χ3n) is 1.68. The Bertz CT molecular complexity index is 296. The second kappa shape index (κ2) is 4.21. The van der Waals surface area contributed by atoms with Gasteiger partial charge in [0.05, 0.1) is 17.8 Å². The van der Waals surface area contributed by atoms with Crippen molar-refractivity contribution in [3.8, 4) is 0 Å². The number of nitrogens with one attached hydrogen (secondary N) is 1. The zero-order chi connectivity index (χ0) is 10.6. The first kappa shape index (κ1) is 10.7. The number of para-hydroxylation sites is 2. The van der Waals surface area contributed by atoms with Crippen LogP contribution in [0, 0.1) is 0 Å². The summed E-state index contributed by atoms with van der Waals surface area (Å²) in [4.78, 5) is 0. The van der Waals surface area contributed by atoms with Crippen LogP contribution in [0.25, 0.3) is 0 Å². The number of nitrogen functional groups attached to an aromatic ring is 1. The molecular weight excluding hydrogens is 193 g/mol. The molecule has 0 amide bonds. The van der Waals surface area contributed by atoms with E-state index in [4.69, 9.17) is 5.73 Å². The van der Waals surface area contributed by atoms with E-state index in [-0.39, 0.29) is 6.54 Å². The third kappa shape index (κ3) is 3.55. The van der Waals surface area contributed by atoms with Crippen molar-refractivity contribution in [2.45, 2.75) is 12.6 Å². The molecule has 0 aliphatic carbocycles. The van der Waals surface area contributed by atoms with Gasteiger partial charge in [-0.3, -0.25) is 0 Å². The van der Waals surface area contributed by atoms with E-state index in [0.717, 1.165) is 0 Å². The van der Waals surface area contributed by atoms with Crippen LogP contribution in [0.15, 0.2) is 24.3 Å². The fourth-order valence-electron chi connectivity index (χ4n) is 0.997. The zero-order valence-electron chi connectivity index (χ0n) is 7.43. The Labute approximate surface area is 79.9 Å². The summed E-state index contributed by atoms with van der Waals surface area (Å²) in [5.74, 6) is 0. The Balaban J connectivity index is 2.43. The van der Waals surface area contributed by atoms with Crippen molar-refractivity contribution in [3.63, 3.8) is 0 Å². The minimum absolute atomic E-state index is 0.155. The molecule has 0 aliphatic rings. The minimum atomic E-state index is -4.13. The van der Waals surface area contributed by atoms with Gasteiger partial charge in [0.15, 0.2) is 0 Å². The van der Waals surface area contributed by atoms with E-state index < -0.39 is 12.6 Å². The molecule has 0 bridgehead atoms. The van der Waals surface area contributed by atoms with Gasteiger partial charge in [0.2, 0.25) is 0 Å². The van der Waals surface area contributed by atoms with E-state index >= 15 is 0 Å². The van der Waals surface area contributed by atoms with Crippen LogP contribution in [0.5, 0.6) is 0 Å². The number of anilines is 2. The van der Waals surface area contributed by atoms with Crippen molar-refractivity contribution in [1.29, 1.82) is 0 Å². The van der Waals surface area contributed by atoms with Gasteiger partial charge >= 0.3 is 6.18 Å². The molecule has 78 valence electrons. The van der Waals surface area contributed by atoms with Crippen LogP contribution in [-0.4, -0.2) is 12.7 Å². The lowest BCUT2D eigenvalue weighted by atomic mass is 10.2. The smallest absolute Gasteiger partial charge is 0.390 e. The quantitative estimate of drug-likeness (QED) is 0.743. The summed E-state index contributed by atoms with van der Waals surface area (Å²) >= 11 is 0. The molecule has 0 radical (unpaired) electrons. The second-order valence-corrected chi connectivity index (χ2v) is 2.88. The van der Waals surface area contributed by atoms with Crippen LogP contribution in [0.2, 0.25) is 0 Å². The average molecular weight is 204 g/mol. The van der Waals surface area contributed by atoms with E-state index in [1.54, 1.807) is 24.3 Å². The molecule has 1 aromatic rings. The zero-order valence-corrected chi connectivity index (χ0v) is 7.43. The van der Waals surface area contributed by atoms with Gasteiger partial charge in [-0.15, -0.1) is 0 Å². The molecule has 0 fully saturated rings. The van der Waals surface area contributed by atoms with Crippen molar-refractivity contribution in [1.82, 2.24) is 0 Å². The molecule has 14 heavy (non-hydrogen) atoms. The lowest BCUT2D eigenvalue weighted by molar-refractivity contribution is -0.131. The number of hydrogen-bond acceptors (Lipinski definition) is 2. The molecule has 0 aliphatic heterocycles. The van der Waals surface area contributed by atoms with Crippen LogP contribution in [0.1, 0.15) is 6.42 Å². The lowest BCUT2D eigenvalue weighted by Gasteiger charge is -2.10. The summed E-state index contributed by atoms with van der Waals surface area (Å²) in [5.41, 5.74) is 6.52. The Morgan fingerprint density at radius 1 is 1.21 bits per heavy atom. The summed E-state index contributed by atoms with van der Waals surface area (Å²) in [6.07, 6.45) is -4.99. The number of benzene rings is 1. The summed E-state index contributed by atoms with van der Waals surface area (Å²) in [6.45, 7) is -0.155. The van der Waals surface area contributed by atoms with E-state index in [1.807, 2.05) is 0 Å². The summed E-state index contributed by atoms with van der Waals surface area (Å²) < 4.78 is 35.4. The molecule has 0 saturated heterocycles. The maximum absolute atomic E-state index is 11.8. The predicted octanol–water partition coefficient (Wildman–Crippen LogP) is 2.63. The minimum Gasteiger partial charge on any atom is -0.397 e. The van der Waals surface area contributed by atoms with Gasteiger partial charge in [0.1, 0.15) is 0 Å². The maximum Gasteiger partial charge on any atom is 0.390 e. The molecule has 0 saturated carbocycles. The molecule has 3 N–H and O–H groups in total. The third-order valence-corrected chi connectivity index (χ3v) is 1.68. The second-order valence-electron chi connectivity index (χ2n) is 2.88. The van der Waals surface area contributed by atoms with Crippen LogP contribution in [0.3, 0.4) is 0 Å². The van der Waals surface area contributed by atoms with Crippen LogP contribution < -0.4 is 11.1 Å². The Hall–Kier alpha value is -1.39. The van der Waals surface area contributed by atoms with Gasteiger partial charge in [-0.25, -0.2) is 0 Å². The van der Waals surface area contributed by atoms with Crippen LogP contribution in [-0.2, 0) is 0 Å². The molecular formula is C9H11F3N2. The standard InChI is InChI=1S/C9H11F3N2/c10-9(11,12)5-6-14-8-4-2-1-3-7(8)13/h1-4,14H,5-6,13H2. The van der Waals surface area contributed by atoms with Crippen LogP contribution in [0.4, 0.5) is 24.5 Å². The highest BCUT2D eigenvalue weighted by Gasteiger charge is 2.26. The monoisotopic (exact) mass is 204 g/mol. The first-order valence-corrected chi connectivity index (χ1v) is 4.14. The van der Waals surface area contributed by atoms with Crippen molar-refractivity contribution < 1.29 is 13.2 Å². The lowest BCUT2D eigenvalue weighted by Crippen LogP contribution is -2.15. The average Bonchev–Trinajstić information content (AvgIpc) is 2.06. The van der Waals surface area contributed by atoms with Gasteiger partial charge in [-0.2, -0.15) is 13.2 Å². The molecule has 2 nitrogen and oxygen atoms in total. The number of nitrogens with two attached hydrogens (primary N) is 1. The topological polar surface area (TPSA) is 38.0 Å². The highest BCUT2D eigenvalue weighted by atomic mass is 19.4. The number of hydrogen-bond donors (Lipinski definition) is 2. The maximum atomic E-state index is 11.8. The molecule has 0 unspecified atom stereocenters. The molecule has 0 atom stereocenters. The Morgan fingerprint density at radius 3 is 2.43 bits per heavy atom. The van der Waals surface area contributed by atoms with Gasteiger partial charge in [-0.05, 0) is 12.1 Å². The first-order valence-electron chi connectivity index (χ1n) is 4.14. The summed E-state index contributed by atoms with van der Waals surface area (Å²) in [6, 6.07) is 6.72. The highest BCUT2D eigenvalue weighted by Crippen LogP contribution is 2.21. The molecule has 5 heteroatoms. The molecule has 1 rings (SSSR count). The molecule has 1 aromatic carbocycles. The van der Waals surface area contributed by atoms with Gasteiger partial charge in [0, 0.05) is 6.54 Å². The Morgan fingerprint density at radius 2 is 1.86 bits per heavy atom. The van der Waals surface area contributed by atoms with Gasteiger partial charge < -0.3 is 11.1 Å². The van der Waals surface area contributed by atoms with Crippen molar-refractivity contribution in [3.05, 3.63) is 24.3 Å². The van der Waals surface area contributed by atoms with E-state index in [2.05, 4.69) is 5.32 Å². The molecule has 0 heterocycles. The fourth-order valence-corrected chi connectivity index (χ4v) is 0.997. The Kier molecular flexibility index (Phi) is 3.22. The number of alkyl halides is 3. The van der Waals surface area contributed by atoms with E-state index in [9.17, 15) is 13.2 Å². The van der Waals surface area contributed by atoms with E-state index in [0.29, 0.717) is 11.4 Å².